The Bertz CT molecular complexity index is 710. The summed E-state index contributed by atoms with van der Waals surface area (Å²) in [5.41, 5.74) is 5.50. The van der Waals surface area contributed by atoms with Crippen LogP contribution in [-0.4, -0.2) is 30.5 Å². The molecule has 0 atom stereocenters. The maximum absolute atomic E-state index is 11.3. The number of rotatable bonds is 2. The number of carbonyl (C=O) groups is 1. The van der Waals surface area contributed by atoms with Crippen molar-refractivity contribution in [3.05, 3.63) is 30.1 Å². The van der Waals surface area contributed by atoms with E-state index in [2.05, 4.69) is 9.97 Å². The Kier molecular flexibility index (Phi) is 2.55. The fraction of sp³-hybridized carbons (Fsp3) is 0.100. The molecule has 2 rings (SSSR count). The summed E-state index contributed by atoms with van der Waals surface area (Å²) in [6.07, 6.45) is 2.49. The lowest BCUT2D eigenvalue weighted by Gasteiger charge is -2.01. The van der Waals surface area contributed by atoms with Crippen LogP contribution in [-0.2, 0) is 9.84 Å². The highest BCUT2D eigenvalue weighted by Gasteiger charge is 2.11. The molecule has 0 saturated carbocycles. The van der Waals surface area contributed by atoms with E-state index < -0.39 is 15.7 Å². The van der Waals surface area contributed by atoms with Crippen molar-refractivity contribution in [3.8, 4) is 0 Å². The van der Waals surface area contributed by atoms with E-state index in [1.165, 1.54) is 18.3 Å². The molecular weight excluding hydrogens is 242 g/mol. The van der Waals surface area contributed by atoms with Gasteiger partial charge in [-0.1, -0.05) is 0 Å². The quantitative estimate of drug-likeness (QED) is 0.817. The van der Waals surface area contributed by atoms with Crippen LogP contribution in [0.3, 0.4) is 0 Å². The number of hydrogen-bond donors (Lipinski definition) is 1. The van der Waals surface area contributed by atoms with Gasteiger partial charge in [0.15, 0.2) is 14.9 Å². The van der Waals surface area contributed by atoms with Gasteiger partial charge in [-0.25, -0.2) is 13.4 Å². The van der Waals surface area contributed by atoms with Crippen molar-refractivity contribution in [1.29, 1.82) is 0 Å². The molecule has 0 radical (unpaired) electrons. The Morgan fingerprint density at radius 3 is 2.65 bits per heavy atom. The van der Waals surface area contributed by atoms with Crippen LogP contribution >= 0.6 is 0 Å². The molecule has 1 amide bonds. The summed E-state index contributed by atoms with van der Waals surface area (Å²) in [7, 11) is -3.38. The van der Waals surface area contributed by atoms with Gasteiger partial charge in [0.1, 0.15) is 5.69 Å². The lowest BCUT2D eigenvalue weighted by atomic mass is 10.2. The SMILES string of the molecule is CS(=O)(=O)c1ccc2cnc(C(N)=O)cc2n1. The maximum atomic E-state index is 11.3. The molecule has 88 valence electrons. The second-order valence-corrected chi connectivity index (χ2v) is 5.51. The van der Waals surface area contributed by atoms with Gasteiger partial charge in [0, 0.05) is 17.8 Å². The summed E-state index contributed by atoms with van der Waals surface area (Å²) in [6, 6.07) is 4.34. The van der Waals surface area contributed by atoms with Gasteiger partial charge in [-0.05, 0) is 18.2 Å². The van der Waals surface area contributed by atoms with Gasteiger partial charge in [0.2, 0.25) is 0 Å². The summed E-state index contributed by atoms with van der Waals surface area (Å²) >= 11 is 0. The van der Waals surface area contributed by atoms with Crippen molar-refractivity contribution < 1.29 is 13.2 Å². The van der Waals surface area contributed by atoms with Crippen LogP contribution in [0.2, 0.25) is 0 Å². The molecule has 0 saturated heterocycles. The Hall–Kier alpha value is -2.02. The largest absolute Gasteiger partial charge is 0.364 e. The Labute approximate surface area is 97.4 Å². The first kappa shape index (κ1) is 11.5. The number of amides is 1. The highest BCUT2D eigenvalue weighted by Crippen LogP contribution is 2.15. The van der Waals surface area contributed by atoms with E-state index in [0.29, 0.717) is 10.9 Å². The van der Waals surface area contributed by atoms with Crippen LogP contribution in [0.25, 0.3) is 10.9 Å². The van der Waals surface area contributed by atoms with Crippen molar-refractivity contribution in [2.75, 3.05) is 6.26 Å². The topological polar surface area (TPSA) is 103 Å². The monoisotopic (exact) mass is 251 g/mol. The second kappa shape index (κ2) is 3.77. The summed E-state index contributed by atoms with van der Waals surface area (Å²) in [4.78, 5) is 18.7. The molecule has 17 heavy (non-hydrogen) atoms. The molecule has 0 aliphatic rings. The number of fused-ring (bicyclic) bond motifs is 1. The zero-order valence-corrected chi connectivity index (χ0v) is 9.73. The summed E-state index contributed by atoms with van der Waals surface area (Å²) in [5, 5.41) is 0.592. The standard InChI is InChI=1S/C10H9N3O3S/c1-17(15,16)9-3-2-6-5-12-8(10(11)14)4-7(6)13-9/h2-5H,1H3,(H2,11,14). The number of hydrogen-bond acceptors (Lipinski definition) is 5. The number of carbonyl (C=O) groups excluding carboxylic acids is 1. The van der Waals surface area contributed by atoms with E-state index in [1.807, 2.05) is 0 Å². The van der Waals surface area contributed by atoms with E-state index >= 15 is 0 Å². The van der Waals surface area contributed by atoms with E-state index in [9.17, 15) is 13.2 Å². The molecule has 2 N–H and O–H groups in total. The van der Waals surface area contributed by atoms with Gasteiger partial charge < -0.3 is 5.73 Å². The Morgan fingerprint density at radius 2 is 2.06 bits per heavy atom. The normalized spacial score (nSPS) is 11.6. The zero-order valence-electron chi connectivity index (χ0n) is 8.91. The third-order valence-corrected chi connectivity index (χ3v) is 3.17. The van der Waals surface area contributed by atoms with Crippen molar-refractivity contribution in [2.45, 2.75) is 5.03 Å². The second-order valence-electron chi connectivity index (χ2n) is 3.55. The predicted molar refractivity (Wildman–Crippen MR) is 61.2 cm³/mol. The Balaban J connectivity index is 2.71. The van der Waals surface area contributed by atoms with Crippen LogP contribution in [0, 0.1) is 0 Å². The fourth-order valence-electron chi connectivity index (χ4n) is 1.34. The van der Waals surface area contributed by atoms with E-state index in [0.717, 1.165) is 6.26 Å². The number of aromatic nitrogens is 2. The van der Waals surface area contributed by atoms with Crippen molar-refractivity contribution in [1.82, 2.24) is 9.97 Å². The van der Waals surface area contributed by atoms with Crippen molar-refractivity contribution >= 4 is 26.6 Å². The molecule has 2 heterocycles. The molecule has 0 unspecified atom stereocenters. The van der Waals surface area contributed by atoms with Gasteiger partial charge in [-0.15, -0.1) is 0 Å². The minimum absolute atomic E-state index is 0.0494. The number of primary amides is 1. The molecule has 0 bridgehead atoms. The summed E-state index contributed by atoms with van der Waals surface area (Å²) in [6.45, 7) is 0. The first-order valence-electron chi connectivity index (χ1n) is 4.64. The number of sulfone groups is 1. The summed E-state index contributed by atoms with van der Waals surface area (Å²) < 4.78 is 22.7. The van der Waals surface area contributed by atoms with Crippen LogP contribution < -0.4 is 5.73 Å². The first-order valence-corrected chi connectivity index (χ1v) is 6.54. The molecule has 6 nitrogen and oxygen atoms in total. The lowest BCUT2D eigenvalue weighted by Crippen LogP contribution is -2.12. The molecule has 0 fully saturated rings. The smallest absolute Gasteiger partial charge is 0.267 e. The van der Waals surface area contributed by atoms with Gasteiger partial charge in [0.05, 0.1) is 5.52 Å². The highest BCUT2D eigenvalue weighted by molar-refractivity contribution is 7.90. The van der Waals surface area contributed by atoms with E-state index in [1.54, 1.807) is 6.07 Å². The van der Waals surface area contributed by atoms with Gasteiger partial charge in [-0.2, -0.15) is 0 Å². The molecule has 2 aromatic heterocycles. The third kappa shape index (κ3) is 2.23. The third-order valence-electron chi connectivity index (χ3n) is 2.18. The van der Waals surface area contributed by atoms with Crippen LogP contribution in [0.1, 0.15) is 10.5 Å². The summed E-state index contributed by atoms with van der Waals surface area (Å²) in [5.74, 6) is -0.682. The minimum Gasteiger partial charge on any atom is -0.364 e. The molecule has 0 aliphatic carbocycles. The highest BCUT2D eigenvalue weighted by atomic mass is 32.2. The minimum atomic E-state index is -3.38. The van der Waals surface area contributed by atoms with Crippen LogP contribution in [0.5, 0.6) is 0 Å². The molecule has 7 heteroatoms. The van der Waals surface area contributed by atoms with Gasteiger partial charge in [-0.3, -0.25) is 9.78 Å². The van der Waals surface area contributed by atoms with Crippen molar-refractivity contribution in [3.63, 3.8) is 0 Å². The van der Waals surface area contributed by atoms with Crippen molar-refractivity contribution in [2.24, 2.45) is 5.73 Å². The first-order chi connectivity index (χ1) is 7.88. The van der Waals surface area contributed by atoms with Gasteiger partial charge >= 0.3 is 0 Å². The van der Waals surface area contributed by atoms with E-state index in [4.69, 9.17) is 5.73 Å². The molecule has 0 aromatic carbocycles. The number of pyridine rings is 2. The van der Waals surface area contributed by atoms with Crippen LogP contribution in [0.4, 0.5) is 0 Å². The Morgan fingerprint density at radius 1 is 1.35 bits per heavy atom. The predicted octanol–water partition coefficient (Wildman–Crippen LogP) is 0.132. The lowest BCUT2D eigenvalue weighted by molar-refractivity contribution is 0.0995. The number of nitrogens with two attached hydrogens (primary N) is 1. The van der Waals surface area contributed by atoms with E-state index in [-0.39, 0.29) is 10.7 Å². The molecule has 2 aromatic rings. The average molecular weight is 251 g/mol. The molecule has 0 spiro atoms. The maximum Gasteiger partial charge on any atom is 0.267 e. The fourth-order valence-corrected chi connectivity index (χ4v) is 1.92. The molecular formula is C10H9N3O3S. The molecule has 0 aliphatic heterocycles. The van der Waals surface area contributed by atoms with Crippen LogP contribution in [0.15, 0.2) is 29.4 Å². The average Bonchev–Trinajstić information content (AvgIpc) is 2.26. The zero-order chi connectivity index (χ0) is 12.6. The van der Waals surface area contributed by atoms with Gasteiger partial charge in [0.25, 0.3) is 5.91 Å². The number of nitrogens with zero attached hydrogens (tertiary/aromatic N) is 2.